The van der Waals surface area contributed by atoms with Crippen molar-refractivity contribution in [3.05, 3.63) is 48.6 Å². The molecule has 4 nitrogen and oxygen atoms in total. The zero-order chi connectivity index (χ0) is 14.5. The van der Waals surface area contributed by atoms with Gasteiger partial charge in [0.1, 0.15) is 12.1 Å². The fourth-order valence-corrected chi connectivity index (χ4v) is 2.41. The van der Waals surface area contributed by atoms with Crippen LogP contribution in [0.2, 0.25) is 0 Å². The molecule has 4 heteroatoms. The summed E-state index contributed by atoms with van der Waals surface area (Å²) in [6.45, 7) is 5.97. The Morgan fingerprint density at radius 2 is 2.00 bits per heavy atom. The van der Waals surface area contributed by atoms with Gasteiger partial charge in [0.05, 0.1) is 0 Å². The Kier molecular flexibility index (Phi) is 4.56. The number of carbonyl (C=O) groups is 2. The highest BCUT2D eigenvalue weighted by Gasteiger charge is 2.37. The van der Waals surface area contributed by atoms with Crippen LogP contribution in [-0.2, 0) is 16.0 Å². The molecule has 106 valence electrons. The number of nitrogens with zero attached hydrogens (tertiary/aromatic N) is 1. The van der Waals surface area contributed by atoms with Gasteiger partial charge < -0.3 is 10.2 Å². The molecule has 2 unspecified atom stereocenters. The Labute approximate surface area is 119 Å². The maximum atomic E-state index is 12.5. The molecule has 2 rings (SSSR count). The van der Waals surface area contributed by atoms with Gasteiger partial charge in [0, 0.05) is 13.0 Å². The molecule has 0 aliphatic carbocycles. The molecule has 1 aliphatic rings. The SMILES string of the molecule is C=CCCN1C(=O)C(Cc2ccccc2)NC(=O)C1C. The monoisotopic (exact) mass is 272 g/mol. The number of amides is 2. The van der Waals surface area contributed by atoms with Gasteiger partial charge in [0.15, 0.2) is 0 Å². The van der Waals surface area contributed by atoms with Crippen LogP contribution in [0.25, 0.3) is 0 Å². The van der Waals surface area contributed by atoms with Crippen molar-refractivity contribution < 1.29 is 9.59 Å². The zero-order valence-corrected chi connectivity index (χ0v) is 11.7. The predicted octanol–water partition coefficient (Wildman–Crippen LogP) is 1.52. The van der Waals surface area contributed by atoms with Gasteiger partial charge in [-0.25, -0.2) is 0 Å². The van der Waals surface area contributed by atoms with Crippen LogP contribution in [-0.4, -0.2) is 35.3 Å². The normalized spacial score (nSPS) is 22.6. The second kappa shape index (κ2) is 6.37. The summed E-state index contributed by atoms with van der Waals surface area (Å²) >= 11 is 0. The first kappa shape index (κ1) is 14.3. The summed E-state index contributed by atoms with van der Waals surface area (Å²) in [5.74, 6) is -0.0996. The molecule has 0 radical (unpaired) electrons. The van der Waals surface area contributed by atoms with Crippen LogP contribution < -0.4 is 5.32 Å². The van der Waals surface area contributed by atoms with Crippen molar-refractivity contribution in [1.82, 2.24) is 10.2 Å². The summed E-state index contributed by atoms with van der Waals surface area (Å²) in [6, 6.07) is 8.85. The summed E-state index contributed by atoms with van der Waals surface area (Å²) in [5, 5.41) is 2.81. The first-order valence-electron chi connectivity index (χ1n) is 6.89. The lowest BCUT2D eigenvalue weighted by atomic mass is 10.0. The molecular formula is C16H20N2O2. The fourth-order valence-electron chi connectivity index (χ4n) is 2.41. The molecular weight excluding hydrogens is 252 g/mol. The van der Waals surface area contributed by atoms with E-state index in [-0.39, 0.29) is 11.8 Å². The number of hydrogen-bond donors (Lipinski definition) is 1. The van der Waals surface area contributed by atoms with Crippen LogP contribution in [0.1, 0.15) is 18.9 Å². The summed E-state index contributed by atoms with van der Waals surface area (Å²) in [7, 11) is 0. The molecule has 20 heavy (non-hydrogen) atoms. The molecule has 1 heterocycles. The third-order valence-electron chi connectivity index (χ3n) is 3.60. The van der Waals surface area contributed by atoms with E-state index < -0.39 is 12.1 Å². The zero-order valence-electron chi connectivity index (χ0n) is 11.7. The smallest absolute Gasteiger partial charge is 0.246 e. The number of nitrogens with one attached hydrogen (secondary N) is 1. The molecule has 1 saturated heterocycles. The topological polar surface area (TPSA) is 49.4 Å². The summed E-state index contributed by atoms with van der Waals surface area (Å²) in [6.07, 6.45) is 2.99. The number of rotatable bonds is 5. The predicted molar refractivity (Wildman–Crippen MR) is 78.1 cm³/mol. The average Bonchev–Trinajstić information content (AvgIpc) is 2.46. The Morgan fingerprint density at radius 3 is 2.65 bits per heavy atom. The standard InChI is InChI=1S/C16H20N2O2/c1-3-4-10-18-12(2)15(19)17-14(16(18)20)11-13-8-6-5-7-9-13/h3,5-9,12,14H,1,4,10-11H2,2H3,(H,17,19). The van der Waals surface area contributed by atoms with Crippen molar-refractivity contribution in [2.24, 2.45) is 0 Å². The minimum atomic E-state index is -0.467. The van der Waals surface area contributed by atoms with Crippen LogP contribution >= 0.6 is 0 Å². The third-order valence-corrected chi connectivity index (χ3v) is 3.60. The molecule has 0 spiro atoms. The number of hydrogen-bond acceptors (Lipinski definition) is 2. The molecule has 1 aliphatic heterocycles. The van der Waals surface area contributed by atoms with Gasteiger partial charge in [-0.15, -0.1) is 6.58 Å². The minimum absolute atomic E-state index is 0.0113. The average molecular weight is 272 g/mol. The molecule has 0 aromatic heterocycles. The van der Waals surface area contributed by atoms with Gasteiger partial charge in [0.25, 0.3) is 0 Å². The number of benzene rings is 1. The van der Waals surface area contributed by atoms with E-state index in [1.165, 1.54) is 0 Å². The van der Waals surface area contributed by atoms with Gasteiger partial charge >= 0.3 is 0 Å². The van der Waals surface area contributed by atoms with Crippen molar-refractivity contribution in [2.75, 3.05) is 6.54 Å². The van der Waals surface area contributed by atoms with Crippen molar-refractivity contribution in [3.8, 4) is 0 Å². The van der Waals surface area contributed by atoms with Gasteiger partial charge in [-0.05, 0) is 18.9 Å². The van der Waals surface area contributed by atoms with Crippen LogP contribution in [0.4, 0.5) is 0 Å². The van der Waals surface area contributed by atoms with Crippen LogP contribution in [0.5, 0.6) is 0 Å². The van der Waals surface area contributed by atoms with Crippen LogP contribution in [0, 0.1) is 0 Å². The van der Waals surface area contributed by atoms with E-state index in [9.17, 15) is 9.59 Å². The van der Waals surface area contributed by atoms with E-state index in [0.29, 0.717) is 19.4 Å². The van der Waals surface area contributed by atoms with E-state index in [2.05, 4.69) is 11.9 Å². The van der Waals surface area contributed by atoms with Crippen molar-refractivity contribution in [1.29, 1.82) is 0 Å². The highest BCUT2D eigenvalue weighted by Crippen LogP contribution is 2.14. The highest BCUT2D eigenvalue weighted by atomic mass is 16.2. The van der Waals surface area contributed by atoms with Crippen molar-refractivity contribution in [3.63, 3.8) is 0 Å². The number of piperazine rings is 1. The second-order valence-corrected chi connectivity index (χ2v) is 5.04. The van der Waals surface area contributed by atoms with E-state index in [1.54, 1.807) is 17.9 Å². The lowest BCUT2D eigenvalue weighted by Crippen LogP contribution is -2.63. The third kappa shape index (κ3) is 3.07. The van der Waals surface area contributed by atoms with E-state index in [1.807, 2.05) is 30.3 Å². The van der Waals surface area contributed by atoms with Crippen LogP contribution in [0.3, 0.4) is 0 Å². The largest absolute Gasteiger partial charge is 0.342 e. The maximum Gasteiger partial charge on any atom is 0.246 e. The van der Waals surface area contributed by atoms with Crippen molar-refractivity contribution >= 4 is 11.8 Å². The Morgan fingerprint density at radius 1 is 1.30 bits per heavy atom. The summed E-state index contributed by atoms with van der Waals surface area (Å²) in [4.78, 5) is 26.1. The van der Waals surface area contributed by atoms with Crippen molar-refractivity contribution in [2.45, 2.75) is 31.8 Å². The Hall–Kier alpha value is -2.10. The molecule has 2 atom stereocenters. The minimum Gasteiger partial charge on any atom is -0.342 e. The van der Waals surface area contributed by atoms with Gasteiger partial charge in [-0.2, -0.15) is 0 Å². The van der Waals surface area contributed by atoms with E-state index in [0.717, 1.165) is 5.56 Å². The van der Waals surface area contributed by atoms with Gasteiger partial charge in [-0.3, -0.25) is 9.59 Å². The molecule has 1 N–H and O–H groups in total. The summed E-state index contributed by atoms with van der Waals surface area (Å²) < 4.78 is 0. The molecule has 1 aromatic rings. The molecule has 1 fully saturated rings. The Bertz CT molecular complexity index is 498. The Balaban J connectivity index is 2.11. The first-order valence-corrected chi connectivity index (χ1v) is 6.89. The van der Waals surface area contributed by atoms with Gasteiger partial charge in [0.2, 0.25) is 11.8 Å². The number of carbonyl (C=O) groups excluding carboxylic acids is 2. The maximum absolute atomic E-state index is 12.5. The molecule has 0 saturated carbocycles. The molecule has 1 aromatic carbocycles. The fraction of sp³-hybridized carbons (Fsp3) is 0.375. The lowest BCUT2D eigenvalue weighted by molar-refractivity contribution is -0.148. The van der Waals surface area contributed by atoms with E-state index >= 15 is 0 Å². The van der Waals surface area contributed by atoms with Crippen LogP contribution in [0.15, 0.2) is 43.0 Å². The lowest BCUT2D eigenvalue weighted by Gasteiger charge is -2.37. The first-order chi connectivity index (χ1) is 9.63. The highest BCUT2D eigenvalue weighted by molar-refractivity contribution is 5.96. The molecule has 0 bridgehead atoms. The molecule has 2 amide bonds. The summed E-state index contributed by atoms with van der Waals surface area (Å²) in [5.41, 5.74) is 1.05. The van der Waals surface area contributed by atoms with Gasteiger partial charge in [-0.1, -0.05) is 36.4 Å². The second-order valence-electron chi connectivity index (χ2n) is 5.04. The quantitative estimate of drug-likeness (QED) is 0.826. The van der Waals surface area contributed by atoms with E-state index in [4.69, 9.17) is 0 Å².